The first-order valence-electron chi connectivity index (χ1n) is 11.0. The van der Waals surface area contributed by atoms with Gasteiger partial charge in [0, 0.05) is 45.0 Å². The molecule has 172 valence electrons. The minimum atomic E-state index is -0.141. The summed E-state index contributed by atoms with van der Waals surface area (Å²) in [5.41, 5.74) is 1.99. The number of methoxy groups -OCH3 is 1. The first-order chi connectivity index (χ1) is 15.4. The van der Waals surface area contributed by atoms with Crippen LogP contribution in [0.2, 0.25) is 0 Å². The van der Waals surface area contributed by atoms with E-state index in [1.807, 2.05) is 37.3 Å². The molecule has 2 aromatic carbocycles. The van der Waals surface area contributed by atoms with Gasteiger partial charge in [-0.25, -0.2) is 0 Å². The van der Waals surface area contributed by atoms with Crippen molar-refractivity contribution in [2.45, 2.75) is 32.4 Å². The molecule has 0 aromatic heterocycles. The molecule has 1 heterocycles. The fraction of sp³-hybridized carbons (Fsp3) is 0.440. The molecule has 1 aliphatic rings. The number of nitrogens with zero attached hydrogens (tertiary/aromatic N) is 1. The largest absolute Gasteiger partial charge is 0.491 e. The number of nitrogens with one attached hydrogen (secondary N) is 2. The number of fused-ring (bicyclic) bond motifs is 1. The molecule has 0 saturated heterocycles. The van der Waals surface area contributed by atoms with Crippen molar-refractivity contribution in [1.82, 2.24) is 10.2 Å². The Bertz CT molecular complexity index is 919. The Morgan fingerprint density at radius 3 is 2.69 bits per heavy atom. The van der Waals surface area contributed by atoms with Crippen LogP contribution in [0.1, 0.15) is 29.8 Å². The SMILES string of the molecule is CO[C@@H]1CN(C)C(=O)c2ccc(NC(=O)Cc3ccccc3)cc2OC[C@@H](C)NC[C@@H]1C. The van der Waals surface area contributed by atoms with Crippen LogP contribution in [0.4, 0.5) is 5.69 Å². The highest BCUT2D eigenvalue weighted by molar-refractivity contribution is 5.98. The second-order valence-corrected chi connectivity index (χ2v) is 8.48. The minimum Gasteiger partial charge on any atom is -0.491 e. The van der Waals surface area contributed by atoms with Gasteiger partial charge in [-0.15, -0.1) is 0 Å². The number of carbonyl (C=O) groups is 2. The molecule has 0 radical (unpaired) electrons. The normalized spacial score (nSPS) is 22.2. The monoisotopic (exact) mass is 439 g/mol. The van der Waals surface area contributed by atoms with Gasteiger partial charge < -0.3 is 25.0 Å². The van der Waals surface area contributed by atoms with Crippen LogP contribution in [-0.2, 0) is 16.0 Å². The second-order valence-electron chi connectivity index (χ2n) is 8.48. The van der Waals surface area contributed by atoms with Crippen molar-refractivity contribution in [3.63, 3.8) is 0 Å². The first-order valence-corrected chi connectivity index (χ1v) is 11.0. The van der Waals surface area contributed by atoms with Crippen molar-refractivity contribution in [3.8, 4) is 5.75 Å². The smallest absolute Gasteiger partial charge is 0.257 e. The van der Waals surface area contributed by atoms with Crippen molar-refractivity contribution >= 4 is 17.5 Å². The molecule has 7 heteroatoms. The average molecular weight is 440 g/mol. The van der Waals surface area contributed by atoms with Gasteiger partial charge >= 0.3 is 0 Å². The maximum Gasteiger partial charge on any atom is 0.257 e. The molecule has 32 heavy (non-hydrogen) atoms. The summed E-state index contributed by atoms with van der Waals surface area (Å²) in [4.78, 5) is 27.3. The molecule has 0 bridgehead atoms. The Kier molecular flexibility index (Phi) is 8.25. The fourth-order valence-corrected chi connectivity index (χ4v) is 3.72. The van der Waals surface area contributed by atoms with Crippen molar-refractivity contribution < 1.29 is 19.1 Å². The molecule has 0 spiro atoms. The molecule has 3 atom stereocenters. The summed E-state index contributed by atoms with van der Waals surface area (Å²) >= 11 is 0. The number of rotatable bonds is 4. The summed E-state index contributed by atoms with van der Waals surface area (Å²) < 4.78 is 11.7. The van der Waals surface area contributed by atoms with Gasteiger partial charge in [-0.1, -0.05) is 37.3 Å². The van der Waals surface area contributed by atoms with Crippen LogP contribution in [-0.4, -0.2) is 62.7 Å². The maximum absolute atomic E-state index is 13.2. The molecular formula is C25H33N3O4. The predicted octanol–water partition coefficient (Wildman–Crippen LogP) is 2.96. The molecule has 7 nitrogen and oxygen atoms in total. The molecule has 2 amide bonds. The minimum absolute atomic E-state index is 0.0796. The topological polar surface area (TPSA) is 79.9 Å². The third-order valence-corrected chi connectivity index (χ3v) is 5.72. The van der Waals surface area contributed by atoms with Gasteiger partial charge in [0.05, 0.1) is 18.1 Å². The number of hydrogen-bond acceptors (Lipinski definition) is 5. The van der Waals surface area contributed by atoms with E-state index >= 15 is 0 Å². The second kappa shape index (κ2) is 11.1. The van der Waals surface area contributed by atoms with E-state index in [0.717, 1.165) is 12.1 Å². The predicted molar refractivity (Wildman–Crippen MR) is 125 cm³/mol. The Hall–Kier alpha value is -2.90. The number of amides is 2. The van der Waals surface area contributed by atoms with Gasteiger partial charge in [0.1, 0.15) is 12.4 Å². The van der Waals surface area contributed by atoms with Gasteiger partial charge in [-0.3, -0.25) is 9.59 Å². The quantitative estimate of drug-likeness (QED) is 0.766. The lowest BCUT2D eigenvalue weighted by Gasteiger charge is -2.30. The standard InChI is InChI=1S/C25H33N3O4/c1-17-14-26-18(2)16-32-22-13-20(27-24(29)12-19-8-6-5-7-9-19)10-11-21(22)25(30)28(3)15-23(17)31-4/h5-11,13,17-18,23,26H,12,14-16H2,1-4H3,(H,27,29)/t17-,18+,23+/m0/s1. The van der Waals surface area contributed by atoms with E-state index in [1.54, 1.807) is 37.3 Å². The zero-order chi connectivity index (χ0) is 23.1. The van der Waals surface area contributed by atoms with Crippen LogP contribution in [0, 0.1) is 5.92 Å². The van der Waals surface area contributed by atoms with Crippen molar-refractivity contribution in [2.24, 2.45) is 5.92 Å². The summed E-state index contributed by atoms with van der Waals surface area (Å²) in [6.07, 6.45) is 0.196. The summed E-state index contributed by atoms with van der Waals surface area (Å²) in [5.74, 6) is 0.423. The van der Waals surface area contributed by atoms with Gasteiger partial charge in [0.2, 0.25) is 5.91 Å². The Morgan fingerprint density at radius 1 is 1.22 bits per heavy atom. The van der Waals surface area contributed by atoms with Crippen LogP contribution >= 0.6 is 0 Å². The van der Waals surface area contributed by atoms with Crippen molar-refractivity contribution in [2.75, 3.05) is 39.2 Å². The average Bonchev–Trinajstić information content (AvgIpc) is 2.79. The number of hydrogen-bond donors (Lipinski definition) is 2. The number of benzene rings is 2. The highest BCUT2D eigenvalue weighted by Crippen LogP contribution is 2.26. The van der Waals surface area contributed by atoms with Crippen LogP contribution in [0.25, 0.3) is 0 Å². The van der Waals surface area contributed by atoms with Crippen LogP contribution in [0.5, 0.6) is 5.75 Å². The molecule has 0 unspecified atom stereocenters. The maximum atomic E-state index is 13.2. The molecule has 3 rings (SSSR count). The van der Waals surface area contributed by atoms with Gasteiger partial charge in [-0.2, -0.15) is 0 Å². The summed E-state index contributed by atoms with van der Waals surface area (Å²) in [5, 5.41) is 6.37. The van der Waals surface area contributed by atoms with Gasteiger partial charge in [0.25, 0.3) is 5.91 Å². The van der Waals surface area contributed by atoms with Gasteiger partial charge in [-0.05, 0) is 30.5 Å². The Morgan fingerprint density at radius 2 is 1.97 bits per heavy atom. The number of carbonyl (C=O) groups excluding carboxylic acids is 2. The number of ether oxygens (including phenoxy) is 2. The van der Waals surface area contributed by atoms with Crippen molar-refractivity contribution in [3.05, 3.63) is 59.7 Å². The fourth-order valence-electron chi connectivity index (χ4n) is 3.72. The zero-order valence-electron chi connectivity index (χ0n) is 19.3. The molecule has 0 saturated carbocycles. The lowest BCUT2D eigenvalue weighted by molar-refractivity contribution is -0.115. The van der Waals surface area contributed by atoms with E-state index in [0.29, 0.717) is 30.2 Å². The molecular weight excluding hydrogens is 406 g/mol. The van der Waals surface area contributed by atoms with E-state index in [-0.39, 0.29) is 36.3 Å². The van der Waals surface area contributed by atoms with Crippen LogP contribution in [0.3, 0.4) is 0 Å². The lowest BCUT2D eigenvalue weighted by Crippen LogP contribution is -2.44. The van der Waals surface area contributed by atoms with Crippen LogP contribution in [0.15, 0.2) is 48.5 Å². The van der Waals surface area contributed by atoms with E-state index in [9.17, 15) is 9.59 Å². The molecule has 2 aromatic rings. The highest BCUT2D eigenvalue weighted by Gasteiger charge is 2.25. The summed E-state index contributed by atoms with van der Waals surface area (Å²) in [7, 11) is 3.44. The molecule has 1 aliphatic heterocycles. The third-order valence-electron chi connectivity index (χ3n) is 5.72. The lowest BCUT2D eigenvalue weighted by atomic mass is 10.0. The molecule has 0 aliphatic carbocycles. The summed E-state index contributed by atoms with van der Waals surface area (Å²) in [6.45, 7) is 5.78. The third kappa shape index (κ3) is 6.31. The van der Waals surface area contributed by atoms with Crippen LogP contribution < -0.4 is 15.4 Å². The van der Waals surface area contributed by atoms with E-state index in [1.165, 1.54) is 0 Å². The number of anilines is 1. The molecule has 0 fully saturated rings. The summed E-state index contributed by atoms with van der Waals surface area (Å²) in [6, 6.07) is 14.8. The van der Waals surface area contributed by atoms with E-state index < -0.39 is 0 Å². The Labute approximate surface area is 190 Å². The first kappa shape index (κ1) is 23.8. The van der Waals surface area contributed by atoms with Gasteiger partial charge in [0.15, 0.2) is 0 Å². The zero-order valence-corrected chi connectivity index (χ0v) is 19.3. The van der Waals surface area contributed by atoms with E-state index in [2.05, 4.69) is 17.6 Å². The molecule has 2 N–H and O–H groups in total. The van der Waals surface area contributed by atoms with Crippen molar-refractivity contribution in [1.29, 1.82) is 0 Å². The highest BCUT2D eigenvalue weighted by atomic mass is 16.5. The number of likely N-dealkylation sites (N-methyl/N-ethyl adjacent to an activating group) is 1. The van der Waals surface area contributed by atoms with E-state index in [4.69, 9.17) is 9.47 Å². The Balaban J connectivity index is 1.81.